The maximum absolute atomic E-state index is 11.5. The number of hydrogen-bond donors (Lipinski definition) is 0. The van der Waals surface area contributed by atoms with Gasteiger partial charge in [-0.1, -0.05) is 13.8 Å². The van der Waals surface area contributed by atoms with Gasteiger partial charge in [0.2, 0.25) is 0 Å². The fourth-order valence-corrected chi connectivity index (χ4v) is 2.52. The lowest BCUT2D eigenvalue weighted by Gasteiger charge is -2.29. The second-order valence-corrected chi connectivity index (χ2v) is 5.67. The van der Waals surface area contributed by atoms with Gasteiger partial charge in [0.15, 0.2) is 5.78 Å². The maximum Gasteiger partial charge on any atom is 0.162 e. The van der Waals surface area contributed by atoms with Gasteiger partial charge in [0.1, 0.15) is 12.4 Å². The van der Waals surface area contributed by atoms with Gasteiger partial charge in [-0.3, -0.25) is 9.69 Å². The minimum Gasteiger partial charge on any atom is -0.492 e. The molecular weight excluding hydrogens is 286 g/mol. The average Bonchev–Trinajstić information content (AvgIpc) is 2.49. The van der Waals surface area contributed by atoms with Crippen LogP contribution in [-0.2, 0) is 0 Å². The van der Waals surface area contributed by atoms with Crippen molar-refractivity contribution in [3.63, 3.8) is 0 Å². The van der Waals surface area contributed by atoms with Gasteiger partial charge in [-0.25, -0.2) is 0 Å². The summed E-state index contributed by atoms with van der Waals surface area (Å²) in [6.07, 6.45) is 3.15. The van der Waals surface area contributed by atoms with E-state index in [0.717, 1.165) is 30.4 Å². The monoisotopic (exact) mass is 311 g/mol. The molecule has 0 N–H and O–H groups in total. The number of Topliss-reactive ketones (excluding diaryl/α,β-unsaturated/α-hetero) is 1. The van der Waals surface area contributed by atoms with Crippen LogP contribution in [-0.4, -0.2) is 36.9 Å². The SMILES string of the molecule is CCC(=O)c1ccc(OCCN2CCC(C)CC2)cc1.Cl. The van der Waals surface area contributed by atoms with Crippen molar-refractivity contribution in [2.45, 2.75) is 33.1 Å². The van der Waals surface area contributed by atoms with E-state index >= 15 is 0 Å². The van der Waals surface area contributed by atoms with Gasteiger partial charge in [0.25, 0.3) is 0 Å². The fraction of sp³-hybridized carbons (Fsp3) is 0.588. The lowest BCUT2D eigenvalue weighted by Crippen LogP contribution is -2.35. The summed E-state index contributed by atoms with van der Waals surface area (Å²) in [5.74, 6) is 1.90. The Bertz CT molecular complexity index is 425. The van der Waals surface area contributed by atoms with Crippen molar-refractivity contribution >= 4 is 18.2 Å². The van der Waals surface area contributed by atoms with Crippen LogP contribution in [0.25, 0.3) is 0 Å². The molecule has 0 aromatic heterocycles. The second kappa shape index (κ2) is 9.06. The molecule has 2 rings (SSSR count). The van der Waals surface area contributed by atoms with Crippen LogP contribution in [0.1, 0.15) is 43.5 Å². The Kier molecular flexibility index (Phi) is 7.76. The third-order valence-corrected chi connectivity index (χ3v) is 4.05. The molecule has 0 amide bonds. The van der Waals surface area contributed by atoms with Crippen LogP contribution in [0.2, 0.25) is 0 Å². The Hall–Kier alpha value is -1.06. The molecule has 0 radical (unpaired) electrons. The topological polar surface area (TPSA) is 29.5 Å². The van der Waals surface area contributed by atoms with Gasteiger partial charge in [0, 0.05) is 18.5 Å². The van der Waals surface area contributed by atoms with Crippen LogP contribution in [0.3, 0.4) is 0 Å². The first-order chi connectivity index (χ1) is 9.69. The number of hydrogen-bond acceptors (Lipinski definition) is 3. The number of likely N-dealkylation sites (tertiary alicyclic amines) is 1. The van der Waals surface area contributed by atoms with Gasteiger partial charge in [-0.05, 0) is 56.1 Å². The zero-order chi connectivity index (χ0) is 14.4. The predicted molar refractivity (Wildman–Crippen MR) is 88.6 cm³/mol. The molecule has 0 unspecified atom stereocenters. The van der Waals surface area contributed by atoms with E-state index in [-0.39, 0.29) is 18.2 Å². The molecule has 1 aromatic carbocycles. The van der Waals surface area contributed by atoms with Gasteiger partial charge >= 0.3 is 0 Å². The third-order valence-electron chi connectivity index (χ3n) is 4.05. The third kappa shape index (κ3) is 5.68. The number of benzene rings is 1. The Morgan fingerprint density at radius 1 is 1.24 bits per heavy atom. The molecule has 1 aromatic rings. The fourth-order valence-electron chi connectivity index (χ4n) is 2.52. The Balaban J connectivity index is 0.00000220. The molecule has 0 aliphatic carbocycles. The lowest BCUT2D eigenvalue weighted by molar-refractivity contribution is 0.0988. The minimum absolute atomic E-state index is 0. The Morgan fingerprint density at radius 2 is 1.86 bits per heavy atom. The van der Waals surface area contributed by atoms with Crippen LogP contribution in [0.5, 0.6) is 5.75 Å². The molecule has 21 heavy (non-hydrogen) atoms. The molecule has 1 aliphatic rings. The molecule has 0 bridgehead atoms. The molecule has 1 heterocycles. The van der Waals surface area contributed by atoms with Gasteiger partial charge in [-0.2, -0.15) is 0 Å². The van der Waals surface area contributed by atoms with E-state index in [9.17, 15) is 4.79 Å². The number of ketones is 1. The molecular formula is C17H26ClNO2. The molecule has 0 spiro atoms. The first-order valence-electron chi connectivity index (χ1n) is 7.67. The van der Waals surface area contributed by atoms with Gasteiger partial charge in [0.05, 0.1) is 0 Å². The highest BCUT2D eigenvalue weighted by atomic mass is 35.5. The number of halogens is 1. The maximum atomic E-state index is 11.5. The standard InChI is InChI=1S/C17H25NO2.ClH/c1-3-17(19)15-4-6-16(7-5-15)20-13-12-18-10-8-14(2)9-11-18;/h4-7,14H,3,8-13H2,1-2H3;1H. The van der Waals surface area contributed by atoms with E-state index in [1.54, 1.807) is 0 Å². The number of nitrogens with zero attached hydrogens (tertiary/aromatic N) is 1. The number of rotatable bonds is 6. The molecule has 0 atom stereocenters. The minimum atomic E-state index is 0. The van der Waals surface area contributed by atoms with Crippen LogP contribution >= 0.6 is 12.4 Å². The zero-order valence-corrected chi connectivity index (χ0v) is 13.8. The van der Waals surface area contributed by atoms with E-state index in [1.807, 2.05) is 31.2 Å². The van der Waals surface area contributed by atoms with Crippen molar-refractivity contribution in [2.24, 2.45) is 5.92 Å². The second-order valence-electron chi connectivity index (χ2n) is 5.67. The first-order valence-corrected chi connectivity index (χ1v) is 7.67. The van der Waals surface area contributed by atoms with Crippen molar-refractivity contribution in [3.05, 3.63) is 29.8 Å². The number of piperidine rings is 1. The van der Waals surface area contributed by atoms with Crippen molar-refractivity contribution in [2.75, 3.05) is 26.2 Å². The summed E-state index contributed by atoms with van der Waals surface area (Å²) < 4.78 is 5.75. The lowest BCUT2D eigenvalue weighted by atomic mass is 9.99. The number of carbonyl (C=O) groups excluding carboxylic acids is 1. The normalized spacial score (nSPS) is 16.3. The summed E-state index contributed by atoms with van der Waals surface area (Å²) in [4.78, 5) is 14.0. The number of carbonyl (C=O) groups is 1. The average molecular weight is 312 g/mol. The molecule has 3 nitrogen and oxygen atoms in total. The number of ether oxygens (including phenoxy) is 1. The summed E-state index contributed by atoms with van der Waals surface area (Å²) in [5, 5.41) is 0. The van der Waals surface area contributed by atoms with Crippen molar-refractivity contribution in [1.29, 1.82) is 0 Å². The van der Waals surface area contributed by atoms with E-state index < -0.39 is 0 Å². The van der Waals surface area contributed by atoms with Crippen LogP contribution < -0.4 is 4.74 Å². The van der Waals surface area contributed by atoms with E-state index in [2.05, 4.69) is 11.8 Å². The van der Waals surface area contributed by atoms with Crippen molar-refractivity contribution in [3.8, 4) is 5.75 Å². The van der Waals surface area contributed by atoms with Crippen LogP contribution in [0.4, 0.5) is 0 Å². The first kappa shape index (κ1) is 18.0. The molecule has 1 fully saturated rings. The molecule has 1 saturated heterocycles. The van der Waals surface area contributed by atoms with Gasteiger partial charge in [-0.15, -0.1) is 12.4 Å². The van der Waals surface area contributed by atoms with Gasteiger partial charge < -0.3 is 4.74 Å². The van der Waals surface area contributed by atoms with E-state index in [4.69, 9.17) is 4.74 Å². The van der Waals surface area contributed by atoms with Crippen LogP contribution in [0, 0.1) is 5.92 Å². The Morgan fingerprint density at radius 3 is 2.43 bits per heavy atom. The Labute approximate surface area is 134 Å². The summed E-state index contributed by atoms with van der Waals surface area (Å²) in [6.45, 7) is 8.29. The highest BCUT2D eigenvalue weighted by Gasteiger charge is 2.15. The molecule has 4 heteroatoms. The van der Waals surface area contributed by atoms with Crippen LogP contribution in [0.15, 0.2) is 24.3 Å². The smallest absolute Gasteiger partial charge is 0.162 e. The van der Waals surface area contributed by atoms with Crippen molar-refractivity contribution < 1.29 is 9.53 Å². The van der Waals surface area contributed by atoms with E-state index in [1.165, 1.54) is 25.9 Å². The molecule has 0 saturated carbocycles. The van der Waals surface area contributed by atoms with Crippen molar-refractivity contribution in [1.82, 2.24) is 4.90 Å². The summed E-state index contributed by atoms with van der Waals surface area (Å²) >= 11 is 0. The molecule has 118 valence electrons. The zero-order valence-electron chi connectivity index (χ0n) is 13.0. The highest BCUT2D eigenvalue weighted by molar-refractivity contribution is 5.95. The summed E-state index contributed by atoms with van der Waals surface area (Å²) in [7, 11) is 0. The summed E-state index contributed by atoms with van der Waals surface area (Å²) in [5.41, 5.74) is 0.768. The predicted octanol–water partition coefficient (Wildman–Crippen LogP) is 3.81. The summed E-state index contributed by atoms with van der Waals surface area (Å²) in [6, 6.07) is 7.48. The quantitative estimate of drug-likeness (QED) is 0.748. The highest BCUT2D eigenvalue weighted by Crippen LogP contribution is 2.16. The largest absolute Gasteiger partial charge is 0.492 e. The van der Waals surface area contributed by atoms with E-state index in [0.29, 0.717) is 6.42 Å². The molecule has 1 aliphatic heterocycles.